The lowest BCUT2D eigenvalue weighted by molar-refractivity contribution is 0.995. The SMILES string of the molecule is c1ccc(-c2cc(-c3ccccc3)cc(-n3c4ccccc4c4ccc(-c5ccc6c7ccccc7n(-c7ccccc7)c6c5)cc43)c2)cc1.c1ccc(-c2cc(-c3ccccc3)nc(-n3c4ccccc4c4cc(-c5ccc6c(c5)c5ccccc5n6-c5ccccc5)ccc43)n2)cc1.c1ccc(-n2c3ccccc3c3ccc(-c4ccc5c6ccccc6n(-c6ccccc6)c5c4)cc32)cc1. The van der Waals surface area contributed by atoms with Crippen LogP contribution in [0.3, 0.4) is 0 Å². The summed E-state index contributed by atoms with van der Waals surface area (Å²) in [6.45, 7) is 0. The Morgan fingerprint density at radius 2 is 0.319 bits per heavy atom. The highest BCUT2D eigenvalue weighted by Crippen LogP contribution is 2.45. The van der Waals surface area contributed by atoms with Crippen molar-refractivity contribution in [3.63, 3.8) is 0 Å². The largest absolute Gasteiger partial charge is 0.309 e. The quantitative estimate of drug-likeness (QED) is 0.116. The van der Waals surface area contributed by atoms with Crippen molar-refractivity contribution in [2.45, 2.75) is 0 Å². The Morgan fingerprint density at radius 3 is 0.623 bits per heavy atom. The number of rotatable bonds is 13. The van der Waals surface area contributed by atoms with Gasteiger partial charge in [-0.15, -0.1) is 0 Å². The molecule has 7 heterocycles. The number of hydrogen-bond acceptors (Lipinski definition) is 2. The highest BCUT2D eigenvalue weighted by Gasteiger charge is 2.24. The van der Waals surface area contributed by atoms with Gasteiger partial charge in [0.1, 0.15) is 0 Å². The van der Waals surface area contributed by atoms with Crippen molar-refractivity contribution in [3.8, 4) is 113 Å². The summed E-state index contributed by atoms with van der Waals surface area (Å²) in [7, 11) is 0. The van der Waals surface area contributed by atoms with Gasteiger partial charge in [0.2, 0.25) is 5.95 Å². The molecule has 0 bridgehead atoms. The lowest BCUT2D eigenvalue weighted by atomic mass is 9.98. The molecule has 0 unspecified atom stereocenters. The molecule has 0 amide bonds. The number of para-hydroxylation sites is 10. The van der Waals surface area contributed by atoms with Crippen molar-refractivity contribution in [2.24, 2.45) is 0 Å². The first-order valence-electron chi connectivity index (χ1n) is 47.2. The van der Waals surface area contributed by atoms with E-state index in [9.17, 15) is 0 Å². The molecule has 8 heteroatoms. The van der Waals surface area contributed by atoms with E-state index in [0.29, 0.717) is 5.95 Å². The van der Waals surface area contributed by atoms with Crippen molar-refractivity contribution in [1.82, 2.24) is 37.4 Å². The Bertz CT molecular complexity index is 9280. The van der Waals surface area contributed by atoms with Crippen molar-refractivity contribution in [1.29, 1.82) is 0 Å². The molecule has 138 heavy (non-hydrogen) atoms. The van der Waals surface area contributed by atoms with Crippen LogP contribution in [0.25, 0.3) is 243 Å². The Morgan fingerprint density at radius 1 is 0.109 bits per heavy atom. The van der Waals surface area contributed by atoms with Gasteiger partial charge in [-0.3, -0.25) is 4.57 Å². The summed E-state index contributed by atoms with van der Waals surface area (Å²) in [4.78, 5) is 10.4. The lowest BCUT2D eigenvalue weighted by Gasteiger charge is -2.14. The minimum Gasteiger partial charge on any atom is -0.309 e. The van der Waals surface area contributed by atoms with Crippen LogP contribution >= 0.6 is 0 Å². The molecule has 0 spiro atoms. The van der Waals surface area contributed by atoms with Crippen LogP contribution in [0.2, 0.25) is 0 Å². The minimum atomic E-state index is 0.652. The molecule has 0 fully saturated rings. The van der Waals surface area contributed by atoms with Crippen LogP contribution in [0, 0.1) is 0 Å². The molecule has 0 N–H and O–H groups in total. The zero-order chi connectivity index (χ0) is 91.1. The van der Waals surface area contributed by atoms with Crippen LogP contribution in [0.4, 0.5) is 0 Å². The summed E-state index contributed by atoms with van der Waals surface area (Å²) in [6, 6.07) is 187. The highest BCUT2D eigenvalue weighted by atomic mass is 15.2. The number of fused-ring (bicyclic) bond motifs is 18. The van der Waals surface area contributed by atoms with Gasteiger partial charge in [0, 0.05) is 104 Å². The summed E-state index contributed by atoms with van der Waals surface area (Å²) in [5, 5.41) is 14.9. The summed E-state index contributed by atoms with van der Waals surface area (Å²) < 4.78 is 14.2. The van der Waals surface area contributed by atoms with E-state index >= 15 is 0 Å². The summed E-state index contributed by atoms with van der Waals surface area (Å²) in [6.07, 6.45) is 0. The molecule has 21 aromatic carbocycles. The fourth-order valence-electron chi connectivity index (χ4n) is 21.2. The van der Waals surface area contributed by atoms with E-state index in [-0.39, 0.29) is 0 Å². The molecule has 0 aliphatic rings. The average molecular weight is 1760 g/mol. The first kappa shape index (κ1) is 80.4. The summed E-state index contributed by atoms with van der Waals surface area (Å²) >= 11 is 0. The van der Waals surface area contributed by atoms with Gasteiger partial charge in [-0.1, -0.05) is 364 Å². The molecule has 0 saturated heterocycles. The van der Waals surface area contributed by atoms with Crippen LogP contribution in [-0.4, -0.2) is 37.4 Å². The predicted octanol–water partition coefficient (Wildman–Crippen LogP) is 34.1. The molecule has 28 rings (SSSR count). The van der Waals surface area contributed by atoms with Crippen molar-refractivity contribution >= 4 is 131 Å². The van der Waals surface area contributed by atoms with E-state index in [1.54, 1.807) is 0 Å². The zero-order valence-electron chi connectivity index (χ0n) is 75.2. The van der Waals surface area contributed by atoms with E-state index in [2.05, 4.69) is 537 Å². The third-order valence-corrected chi connectivity index (χ3v) is 27.5. The Labute approximate surface area is 796 Å². The molecule has 0 radical (unpaired) electrons. The fourth-order valence-corrected chi connectivity index (χ4v) is 21.2. The number of nitrogens with zero attached hydrogens (tertiary/aromatic N) is 8. The van der Waals surface area contributed by atoms with Gasteiger partial charge in [-0.25, -0.2) is 9.97 Å². The monoisotopic (exact) mass is 1760 g/mol. The second-order valence-electron chi connectivity index (χ2n) is 35.5. The molecule has 28 aromatic rings. The molecular weight excluding hydrogens is 1670 g/mol. The molecular formula is C130H86N8. The first-order valence-corrected chi connectivity index (χ1v) is 47.2. The fraction of sp³-hybridized carbons (Fsp3) is 0. The van der Waals surface area contributed by atoms with Crippen LogP contribution < -0.4 is 0 Å². The maximum absolute atomic E-state index is 5.19. The van der Waals surface area contributed by atoms with Gasteiger partial charge < -0.3 is 22.8 Å². The van der Waals surface area contributed by atoms with Crippen molar-refractivity contribution in [2.75, 3.05) is 0 Å². The first-order chi connectivity index (χ1) is 68.5. The smallest absolute Gasteiger partial charge is 0.235 e. The highest BCUT2D eigenvalue weighted by molar-refractivity contribution is 6.17. The average Bonchev–Trinajstić information content (AvgIpc) is 1.57. The second kappa shape index (κ2) is 34.0. The summed E-state index contributed by atoms with van der Waals surface area (Å²) in [5.41, 5.74) is 35.9. The second-order valence-corrected chi connectivity index (χ2v) is 35.5. The maximum atomic E-state index is 5.19. The van der Waals surface area contributed by atoms with Gasteiger partial charge in [-0.2, -0.15) is 0 Å². The molecule has 7 aromatic heterocycles. The van der Waals surface area contributed by atoms with Crippen LogP contribution in [0.1, 0.15) is 0 Å². The molecule has 8 nitrogen and oxygen atoms in total. The Balaban J connectivity index is 0.000000108. The van der Waals surface area contributed by atoms with Crippen LogP contribution in [-0.2, 0) is 0 Å². The maximum Gasteiger partial charge on any atom is 0.235 e. The van der Waals surface area contributed by atoms with Gasteiger partial charge in [-0.05, 0) is 213 Å². The van der Waals surface area contributed by atoms with Gasteiger partial charge in [0.25, 0.3) is 0 Å². The number of hydrogen-bond donors (Lipinski definition) is 0. The van der Waals surface area contributed by atoms with E-state index < -0.39 is 0 Å². The standard InChI is InChI=1S/C48H32N2.C46H30N4.C36H24N2/c1-4-14-33(15-5-1)37-28-38(34-16-6-2-7-17-34)30-40(29-37)50-46-23-13-11-21-42(46)44-27-25-36(32-48(44)50)35-24-26-43-41-20-10-12-22-45(41)49(47(43)31-35)39-18-8-3-9-19-39;1-4-14-31(15-5-1)40-30-41(32-16-6-2-7-17-32)48-46(47-40)50-43-23-13-11-21-37(43)39-29-34(25-27-45(39)50)33-24-26-44-38(28-33)36-20-10-12-22-42(36)49(44)35-18-8-3-9-19-35;1-3-11-27(12-4-1)37-33-17-9-7-15-29(33)31-21-19-25(23-35(31)37)26-20-22-32-30-16-8-10-18-34(30)38(36(32)24-26)28-13-5-2-6-14-28/h1-32H;1-30H;1-24H. The van der Waals surface area contributed by atoms with Crippen LogP contribution in [0.5, 0.6) is 0 Å². The topological polar surface area (TPSA) is 55.4 Å². The molecule has 646 valence electrons. The molecule has 0 saturated carbocycles. The third kappa shape index (κ3) is 14.0. The minimum absolute atomic E-state index is 0.652. The van der Waals surface area contributed by atoms with Gasteiger partial charge >= 0.3 is 0 Å². The van der Waals surface area contributed by atoms with Crippen molar-refractivity contribution < 1.29 is 0 Å². The lowest BCUT2D eigenvalue weighted by Crippen LogP contribution is -2.03. The van der Waals surface area contributed by atoms with Gasteiger partial charge in [0.15, 0.2) is 0 Å². The third-order valence-electron chi connectivity index (χ3n) is 27.5. The number of benzene rings is 21. The van der Waals surface area contributed by atoms with Crippen LogP contribution in [0.15, 0.2) is 522 Å². The zero-order valence-corrected chi connectivity index (χ0v) is 75.2. The Kier molecular flexibility index (Phi) is 19.8. The van der Waals surface area contributed by atoms with E-state index in [1.165, 1.54) is 192 Å². The summed E-state index contributed by atoms with van der Waals surface area (Å²) in [5.74, 6) is 0.652. The Hall–Kier alpha value is -18.5. The molecule has 0 aliphatic carbocycles. The molecule has 0 aliphatic heterocycles. The normalized spacial score (nSPS) is 11.6. The van der Waals surface area contributed by atoms with Crippen molar-refractivity contribution in [3.05, 3.63) is 522 Å². The predicted molar refractivity (Wildman–Crippen MR) is 579 cm³/mol. The van der Waals surface area contributed by atoms with E-state index in [0.717, 1.165) is 44.9 Å². The number of aromatic nitrogens is 8. The van der Waals surface area contributed by atoms with E-state index in [1.807, 2.05) is 12.1 Å². The van der Waals surface area contributed by atoms with E-state index in [4.69, 9.17) is 9.97 Å². The van der Waals surface area contributed by atoms with Gasteiger partial charge in [0.05, 0.1) is 77.6 Å². The molecule has 0 atom stereocenters.